The molecule has 2 N–H and O–H groups in total. The molecule has 98 valence electrons. The van der Waals surface area contributed by atoms with Crippen LogP contribution >= 0.6 is 0 Å². The van der Waals surface area contributed by atoms with E-state index in [4.69, 9.17) is 5.11 Å². The van der Waals surface area contributed by atoms with Crippen LogP contribution in [0.3, 0.4) is 0 Å². The summed E-state index contributed by atoms with van der Waals surface area (Å²) in [4.78, 5) is 2.38. The van der Waals surface area contributed by atoms with Crippen LogP contribution in [0.2, 0.25) is 0 Å². The Morgan fingerprint density at radius 2 is 1.75 bits per heavy atom. The Bertz CT molecular complexity index is 153. The van der Waals surface area contributed by atoms with Crippen LogP contribution in [0.1, 0.15) is 34.1 Å². The first-order valence-electron chi connectivity index (χ1n) is 6.94. The molecule has 0 amide bonds. The quantitative estimate of drug-likeness (QED) is 0.756. The Kier molecular flexibility index (Phi) is 9.99. The summed E-state index contributed by atoms with van der Waals surface area (Å²) in [7, 11) is 0. The first-order valence-corrected chi connectivity index (χ1v) is 6.94. The lowest BCUT2D eigenvalue weighted by atomic mass is 9.89. The highest BCUT2D eigenvalue weighted by molar-refractivity contribution is 4.87. The number of aliphatic hydroxyl groups excluding tert-OH is 1. The second-order valence-electron chi connectivity index (χ2n) is 3.99. The number of β-amino-alcohol motifs (C(OH)–C–C–N with tert-alkyl or cyclic N) is 1. The van der Waals surface area contributed by atoms with Crippen molar-refractivity contribution in [2.75, 3.05) is 39.3 Å². The number of hydrogen-bond donors (Lipinski definition) is 2. The fourth-order valence-corrected chi connectivity index (χ4v) is 2.45. The summed E-state index contributed by atoms with van der Waals surface area (Å²) in [5, 5.41) is 12.2. The Labute approximate surface area is 101 Å². The number of aliphatic hydroxyl groups is 1. The number of nitrogens with zero attached hydrogens (tertiary/aromatic N) is 1. The third-order valence-electron chi connectivity index (χ3n) is 3.20. The molecule has 0 bridgehead atoms. The van der Waals surface area contributed by atoms with Crippen LogP contribution in [0.15, 0.2) is 0 Å². The summed E-state index contributed by atoms with van der Waals surface area (Å²) in [6.45, 7) is 14.0. The van der Waals surface area contributed by atoms with Gasteiger partial charge in [0.25, 0.3) is 0 Å². The summed E-state index contributed by atoms with van der Waals surface area (Å²) in [5.41, 5.74) is 0. The van der Waals surface area contributed by atoms with Gasteiger partial charge in [-0.15, -0.1) is 0 Å². The summed E-state index contributed by atoms with van der Waals surface area (Å²) in [5.74, 6) is 1.77. The molecule has 0 aromatic rings. The summed E-state index contributed by atoms with van der Waals surface area (Å²) in [6.07, 6.45) is 1.32. The maximum Gasteiger partial charge on any atom is 0.0558 e. The third kappa shape index (κ3) is 4.81. The van der Waals surface area contributed by atoms with Gasteiger partial charge in [0.15, 0.2) is 0 Å². The maximum atomic E-state index is 8.80. The second kappa shape index (κ2) is 10.1. The van der Waals surface area contributed by atoms with Crippen molar-refractivity contribution in [2.45, 2.75) is 34.1 Å². The molecule has 2 aliphatic heterocycles. The van der Waals surface area contributed by atoms with Gasteiger partial charge < -0.3 is 15.3 Å². The van der Waals surface area contributed by atoms with E-state index in [1.54, 1.807) is 0 Å². The van der Waals surface area contributed by atoms with Crippen LogP contribution in [0.25, 0.3) is 0 Å². The standard InChI is InChI=1S/C9H18N2O.2C2H6/c12-4-3-11-2-1-8-5-10-6-9(8)7-11;2*1-2/h8-10,12H,1-7H2;2*1-2H3. The van der Waals surface area contributed by atoms with Gasteiger partial charge in [-0.25, -0.2) is 0 Å². The zero-order valence-corrected chi connectivity index (χ0v) is 11.5. The third-order valence-corrected chi connectivity index (χ3v) is 3.20. The molecule has 2 atom stereocenters. The minimum Gasteiger partial charge on any atom is -0.395 e. The Morgan fingerprint density at radius 1 is 1.12 bits per heavy atom. The molecular formula is C13H30N2O. The van der Waals surface area contributed by atoms with Crippen molar-refractivity contribution in [3.63, 3.8) is 0 Å². The largest absolute Gasteiger partial charge is 0.395 e. The minimum absolute atomic E-state index is 0.310. The van der Waals surface area contributed by atoms with Gasteiger partial charge in [0, 0.05) is 13.1 Å². The van der Waals surface area contributed by atoms with Crippen LogP contribution in [0.5, 0.6) is 0 Å². The predicted octanol–water partition coefficient (Wildman–Crippen LogP) is 1.57. The van der Waals surface area contributed by atoms with E-state index in [2.05, 4.69) is 10.2 Å². The van der Waals surface area contributed by atoms with Gasteiger partial charge >= 0.3 is 0 Å². The molecule has 2 aliphatic rings. The highest BCUT2D eigenvalue weighted by atomic mass is 16.3. The van der Waals surface area contributed by atoms with Gasteiger partial charge in [0.05, 0.1) is 6.61 Å². The van der Waals surface area contributed by atoms with Gasteiger partial charge in [0.2, 0.25) is 0 Å². The maximum absolute atomic E-state index is 8.80. The van der Waals surface area contributed by atoms with Crippen LogP contribution in [0, 0.1) is 11.8 Å². The van der Waals surface area contributed by atoms with E-state index >= 15 is 0 Å². The summed E-state index contributed by atoms with van der Waals surface area (Å²) in [6, 6.07) is 0. The normalized spacial score (nSPS) is 28.3. The molecule has 16 heavy (non-hydrogen) atoms. The zero-order valence-electron chi connectivity index (χ0n) is 11.5. The number of hydrogen-bond acceptors (Lipinski definition) is 3. The Morgan fingerprint density at radius 3 is 2.38 bits per heavy atom. The van der Waals surface area contributed by atoms with Gasteiger partial charge in [-0.2, -0.15) is 0 Å². The van der Waals surface area contributed by atoms with E-state index in [0.717, 1.165) is 18.4 Å². The lowest BCUT2D eigenvalue weighted by Crippen LogP contribution is -2.41. The molecule has 0 saturated carbocycles. The van der Waals surface area contributed by atoms with E-state index in [9.17, 15) is 0 Å². The average Bonchev–Trinajstić information content (AvgIpc) is 2.82. The van der Waals surface area contributed by atoms with Gasteiger partial charge in [0.1, 0.15) is 0 Å². The second-order valence-corrected chi connectivity index (χ2v) is 3.99. The molecule has 2 saturated heterocycles. The first-order chi connectivity index (χ1) is 7.90. The lowest BCUT2D eigenvalue weighted by molar-refractivity contribution is 0.122. The van der Waals surface area contributed by atoms with E-state index in [-0.39, 0.29) is 0 Å². The van der Waals surface area contributed by atoms with Crippen molar-refractivity contribution in [1.82, 2.24) is 10.2 Å². The number of rotatable bonds is 2. The van der Waals surface area contributed by atoms with Crippen LogP contribution in [0.4, 0.5) is 0 Å². The van der Waals surface area contributed by atoms with Crippen LogP contribution in [-0.4, -0.2) is 49.3 Å². The average molecular weight is 230 g/mol. The molecule has 3 heteroatoms. The van der Waals surface area contributed by atoms with E-state index in [1.165, 1.54) is 32.6 Å². The SMILES string of the molecule is CC.CC.OCCN1CCC2CNCC2C1. The molecule has 0 spiro atoms. The molecule has 2 heterocycles. The number of likely N-dealkylation sites (tertiary alicyclic amines) is 1. The van der Waals surface area contributed by atoms with Crippen LogP contribution in [-0.2, 0) is 0 Å². The molecule has 0 aromatic carbocycles. The van der Waals surface area contributed by atoms with Gasteiger partial charge in [-0.3, -0.25) is 0 Å². The molecular weight excluding hydrogens is 200 g/mol. The first kappa shape index (κ1) is 15.9. The van der Waals surface area contributed by atoms with Crippen molar-refractivity contribution in [2.24, 2.45) is 11.8 Å². The topological polar surface area (TPSA) is 35.5 Å². The Hall–Kier alpha value is -0.120. The monoisotopic (exact) mass is 230 g/mol. The molecule has 0 aromatic heterocycles. The molecule has 3 nitrogen and oxygen atoms in total. The van der Waals surface area contributed by atoms with Crippen molar-refractivity contribution in [3.05, 3.63) is 0 Å². The van der Waals surface area contributed by atoms with Crippen molar-refractivity contribution in [1.29, 1.82) is 0 Å². The molecule has 2 rings (SSSR count). The van der Waals surface area contributed by atoms with Gasteiger partial charge in [-0.05, 0) is 37.9 Å². The fraction of sp³-hybridized carbons (Fsp3) is 1.00. The molecule has 2 unspecified atom stereocenters. The highest BCUT2D eigenvalue weighted by Gasteiger charge is 2.32. The molecule has 2 fully saturated rings. The lowest BCUT2D eigenvalue weighted by Gasteiger charge is -2.33. The zero-order chi connectivity index (χ0) is 12.4. The summed E-state index contributed by atoms with van der Waals surface area (Å²) >= 11 is 0. The van der Waals surface area contributed by atoms with Crippen molar-refractivity contribution in [3.8, 4) is 0 Å². The number of nitrogens with one attached hydrogen (secondary N) is 1. The number of fused-ring (bicyclic) bond motifs is 1. The Balaban J connectivity index is 0.000000509. The molecule has 0 aliphatic carbocycles. The number of piperidine rings is 1. The van der Waals surface area contributed by atoms with Crippen LogP contribution < -0.4 is 5.32 Å². The fourth-order valence-electron chi connectivity index (χ4n) is 2.45. The highest BCUT2D eigenvalue weighted by Crippen LogP contribution is 2.25. The van der Waals surface area contributed by atoms with E-state index < -0.39 is 0 Å². The van der Waals surface area contributed by atoms with E-state index in [0.29, 0.717) is 6.61 Å². The summed E-state index contributed by atoms with van der Waals surface area (Å²) < 4.78 is 0. The van der Waals surface area contributed by atoms with Gasteiger partial charge in [-0.1, -0.05) is 27.7 Å². The smallest absolute Gasteiger partial charge is 0.0558 e. The van der Waals surface area contributed by atoms with E-state index in [1.807, 2.05) is 27.7 Å². The van der Waals surface area contributed by atoms with Crippen molar-refractivity contribution >= 4 is 0 Å². The van der Waals surface area contributed by atoms with Crippen molar-refractivity contribution < 1.29 is 5.11 Å². The minimum atomic E-state index is 0.310. The predicted molar refractivity (Wildman–Crippen MR) is 70.7 cm³/mol. The molecule has 0 radical (unpaired) electrons.